The van der Waals surface area contributed by atoms with Crippen LogP contribution in [0.5, 0.6) is 0 Å². The fourth-order valence-corrected chi connectivity index (χ4v) is 4.37. The zero-order valence-corrected chi connectivity index (χ0v) is 18.9. The Labute approximate surface area is 193 Å². The van der Waals surface area contributed by atoms with Crippen LogP contribution >= 0.6 is 0 Å². The predicted molar refractivity (Wildman–Crippen MR) is 124 cm³/mol. The molecule has 8 heteroatoms. The summed E-state index contributed by atoms with van der Waals surface area (Å²) < 4.78 is 19.2. The monoisotopic (exact) mass is 452 g/mol. The predicted octanol–water partition coefficient (Wildman–Crippen LogP) is 2.99. The van der Waals surface area contributed by atoms with E-state index in [1.54, 1.807) is 12.1 Å². The van der Waals surface area contributed by atoms with Crippen molar-refractivity contribution in [1.29, 1.82) is 0 Å². The molecule has 1 fully saturated rings. The van der Waals surface area contributed by atoms with Crippen LogP contribution in [0, 0.1) is 5.82 Å². The molecule has 0 radical (unpaired) electrons. The van der Waals surface area contributed by atoms with Crippen LogP contribution in [0.3, 0.4) is 0 Å². The maximum absolute atomic E-state index is 14.1. The van der Waals surface area contributed by atoms with Gasteiger partial charge in [-0.25, -0.2) is 14.0 Å². The molecule has 4 rings (SSSR count). The van der Waals surface area contributed by atoms with E-state index >= 15 is 0 Å². The zero-order chi connectivity index (χ0) is 23.4. The third-order valence-electron chi connectivity index (χ3n) is 6.23. The fourth-order valence-electron chi connectivity index (χ4n) is 4.37. The minimum atomic E-state index is -0.591. The normalized spacial score (nSPS) is 19.2. The minimum Gasteiger partial charge on any atom is -0.466 e. The van der Waals surface area contributed by atoms with Crippen molar-refractivity contribution in [3.05, 3.63) is 76.7 Å². The van der Waals surface area contributed by atoms with Gasteiger partial charge in [-0.3, -0.25) is 4.90 Å². The number of amides is 2. The molecular weight excluding hydrogens is 423 g/mol. The Hall–Kier alpha value is -3.39. The summed E-state index contributed by atoms with van der Waals surface area (Å²) in [7, 11) is 1.34. The van der Waals surface area contributed by atoms with Crippen LogP contribution < -0.4 is 15.5 Å². The van der Waals surface area contributed by atoms with Gasteiger partial charge in [0.1, 0.15) is 5.82 Å². The molecule has 33 heavy (non-hydrogen) atoms. The number of nitrogens with one attached hydrogen (secondary N) is 2. The molecule has 0 aromatic heterocycles. The molecule has 2 N–H and O–H groups in total. The largest absolute Gasteiger partial charge is 0.466 e. The number of carbonyl (C=O) groups is 2. The number of aryl methyl sites for hydroxylation is 1. The molecule has 1 atom stereocenters. The first kappa shape index (κ1) is 22.8. The molecule has 2 aromatic rings. The van der Waals surface area contributed by atoms with Crippen molar-refractivity contribution < 1.29 is 18.7 Å². The molecular formula is C25H29FN4O3. The number of para-hydroxylation sites is 1. The lowest BCUT2D eigenvalue weighted by Crippen LogP contribution is -2.51. The molecule has 1 unspecified atom stereocenters. The average molecular weight is 453 g/mol. The Morgan fingerprint density at radius 1 is 1.09 bits per heavy atom. The van der Waals surface area contributed by atoms with Gasteiger partial charge < -0.3 is 20.3 Å². The first-order chi connectivity index (χ1) is 16.0. The van der Waals surface area contributed by atoms with E-state index in [1.165, 1.54) is 18.7 Å². The summed E-state index contributed by atoms with van der Waals surface area (Å²) in [4.78, 5) is 29.4. The molecule has 2 aliphatic rings. The highest BCUT2D eigenvalue weighted by Crippen LogP contribution is 2.29. The van der Waals surface area contributed by atoms with Gasteiger partial charge in [-0.15, -0.1) is 0 Å². The molecule has 7 nitrogen and oxygen atoms in total. The minimum absolute atomic E-state index is 0.232. The third kappa shape index (κ3) is 5.01. The highest BCUT2D eigenvalue weighted by molar-refractivity contribution is 5.95. The van der Waals surface area contributed by atoms with Crippen molar-refractivity contribution in [2.75, 3.05) is 44.7 Å². The number of hydrogen-bond donors (Lipinski definition) is 2. The van der Waals surface area contributed by atoms with E-state index < -0.39 is 12.0 Å². The van der Waals surface area contributed by atoms with Gasteiger partial charge in [0.15, 0.2) is 0 Å². The summed E-state index contributed by atoms with van der Waals surface area (Å²) in [5, 5.41) is 5.68. The van der Waals surface area contributed by atoms with E-state index in [9.17, 15) is 14.0 Å². The molecule has 0 spiro atoms. The van der Waals surface area contributed by atoms with E-state index in [1.807, 2.05) is 35.2 Å². The fraction of sp³-hybridized carbons (Fsp3) is 0.360. The highest BCUT2D eigenvalue weighted by atomic mass is 19.1. The van der Waals surface area contributed by atoms with Crippen LogP contribution in [0.4, 0.5) is 14.9 Å². The first-order valence-electron chi connectivity index (χ1n) is 11.2. The Balaban J connectivity index is 1.54. The van der Waals surface area contributed by atoms with E-state index in [4.69, 9.17) is 4.74 Å². The van der Waals surface area contributed by atoms with Crippen LogP contribution in [0.1, 0.15) is 24.1 Å². The van der Waals surface area contributed by atoms with Crippen LogP contribution in [0.25, 0.3) is 0 Å². The Kier molecular flexibility index (Phi) is 6.93. The highest BCUT2D eigenvalue weighted by Gasteiger charge is 2.34. The summed E-state index contributed by atoms with van der Waals surface area (Å²) in [6, 6.07) is 13.7. The Morgan fingerprint density at radius 3 is 2.42 bits per heavy atom. The lowest BCUT2D eigenvalue weighted by atomic mass is 9.94. The lowest BCUT2D eigenvalue weighted by Gasteiger charge is -2.38. The van der Waals surface area contributed by atoms with E-state index in [0.29, 0.717) is 49.7 Å². The number of urea groups is 1. The van der Waals surface area contributed by atoms with Gasteiger partial charge in [0.25, 0.3) is 0 Å². The number of anilines is 1. The van der Waals surface area contributed by atoms with Gasteiger partial charge in [-0.1, -0.05) is 43.3 Å². The van der Waals surface area contributed by atoms with Gasteiger partial charge in [0.2, 0.25) is 0 Å². The molecule has 0 bridgehead atoms. The molecule has 0 aliphatic carbocycles. The smallest absolute Gasteiger partial charge is 0.338 e. The van der Waals surface area contributed by atoms with Crippen molar-refractivity contribution in [2.24, 2.45) is 0 Å². The van der Waals surface area contributed by atoms with Crippen molar-refractivity contribution in [2.45, 2.75) is 19.4 Å². The number of esters is 1. The van der Waals surface area contributed by atoms with Gasteiger partial charge >= 0.3 is 12.0 Å². The Bertz CT molecular complexity index is 1050. The standard InChI is InChI=1S/C25H29FN4O3/c1-3-17-8-10-18(11-9-17)23-22(24(31)33-2)20(27-25(32)28-23)16-29-12-14-30(15-13-29)21-7-5-4-6-19(21)26/h4-11,23H,3,12-16H2,1-2H3,(H2,27,28,32). The SMILES string of the molecule is CCc1ccc(C2NC(=O)NC(CN3CCN(c4ccccc4F)CC3)=C2C(=O)OC)cc1. The second-order valence-corrected chi connectivity index (χ2v) is 8.23. The van der Waals surface area contributed by atoms with Crippen LogP contribution in [-0.4, -0.2) is 56.7 Å². The van der Waals surface area contributed by atoms with Crippen molar-refractivity contribution >= 4 is 17.7 Å². The number of halogens is 1. The molecule has 1 saturated heterocycles. The first-order valence-corrected chi connectivity index (χ1v) is 11.2. The summed E-state index contributed by atoms with van der Waals surface area (Å²) in [6.07, 6.45) is 0.905. The van der Waals surface area contributed by atoms with Crippen LogP contribution in [-0.2, 0) is 16.0 Å². The molecule has 2 aromatic carbocycles. The number of methoxy groups -OCH3 is 1. The molecule has 0 saturated carbocycles. The van der Waals surface area contributed by atoms with Crippen molar-refractivity contribution in [3.8, 4) is 0 Å². The van der Waals surface area contributed by atoms with Crippen molar-refractivity contribution in [3.63, 3.8) is 0 Å². The van der Waals surface area contributed by atoms with Crippen molar-refractivity contribution in [1.82, 2.24) is 15.5 Å². The molecule has 174 valence electrons. The zero-order valence-electron chi connectivity index (χ0n) is 18.9. The van der Waals surface area contributed by atoms with Gasteiger partial charge in [-0.05, 0) is 29.7 Å². The quantitative estimate of drug-likeness (QED) is 0.660. The number of rotatable bonds is 6. The third-order valence-corrected chi connectivity index (χ3v) is 6.23. The number of nitrogens with zero attached hydrogens (tertiary/aromatic N) is 2. The van der Waals surface area contributed by atoms with Crippen LogP contribution in [0.15, 0.2) is 59.8 Å². The maximum Gasteiger partial charge on any atom is 0.338 e. The van der Waals surface area contributed by atoms with Gasteiger partial charge in [0.05, 0.1) is 24.4 Å². The number of ether oxygens (including phenoxy) is 1. The molecule has 2 heterocycles. The molecule has 2 aliphatic heterocycles. The second-order valence-electron chi connectivity index (χ2n) is 8.23. The van der Waals surface area contributed by atoms with E-state index in [-0.39, 0.29) is 11.8 Å². The topological polar surface area (TPSA) is 73.9 Å². The Morgan fingerprint density at radius 2 is 1.79 bits per heavy atom. The number of carbonyl (C=O) groups excluding carboxylic acids is 2. The number of hydrogen-bond acceptors (Lipinski definition) is 5. The van der Waals surface area contributed by atoms with E-state index in [2.05, 4.69) is 22.5 Å². The summed E-state index contributed by atoms with van der Waals surface area (Å²) in [5.74, 6) is -0.712. The van der Waals surface area contributed by atoms with Crippen LogP contribution in [0.2, 0.25) is 0 Å². The lowest BCUT2D eigenvalue weighted by molar-refractivity contribution is -0.136. The summed E-state index contributed by atoms with van der Waals surface area (Å²) >= 11 is 0. The summed E-state index contributed by atoms with van der Waals surface area (Å²) in [5.41, 5.74) is 3.53. The molecule has 2 amide bonds. The second kappa shape index (κ2) is 10.0. The van der Waals surface area contributed by atoms with E-state index in [0.717, 1.165) is 12.0 Å². The van der Waals surface area contributed by atoms with Gasteiger partial charge in [0, 0.05) is 38.4 Å². The maximum atomic E-state index is 14.1. The summed E-state index contributed by atoms with van der Waals surface area (Å²) in [6.45, 7) is 5.11. The average Bonchev–Trinajstić information content (AvgIpc) is 2.84. The number of piperazine rings is 1. The van der Waals surface area contributed by atoms with Gasteiger partial charge in [-0.2, -0.15) is 0 Å². The number of benzene rings is 2.